The maximum atomic E-state index is 14.9. The Morgan fingerprint density at radius 2 is 1.66 bits per heavy atom. The number of carbonyl (C=O) groups is 2. The van der Waals surface area contributed by atoms with Crippen molar-refractivity contribution in [2.45, 2.75) is 30.3 Å². The first-order valence-electron chi connectivity index (χ1n) is 13.8. The van der Waals surface area contributed by atoms with Gasteiger partial charge in [-0.1, -0.05) is 47.5 Å². The van der Waals surface area contributed by atoms with Crippen LogP contribution in [0, 0.1) is 11.7 Å². The summed E-state index contributed by atoms with van der Waals surface area (Å²) in [5.41, 5.74) is 2.10. The zero-order valence-electron chi connectivity index (χ0n) is 23.1. The van der Waals surface area contributed by atoms with Crippen molar-refractivity contribution in [1.82, 2.24) is 18.9 Å². The van der Waals surface area contributed by atoms with E-state index in [2.05, 4.69) is 5.43 Å². The van der Waals surface area contributed by atoms with E-state index >= 15 is 0 Å². The average Bonchev–Trinajstić information content (AvgIpc) is 3.35. The van der Waals surface area contributed by atoms with Crippen LogP contribution in [0.2, 0.25) is 10.0 Å². The Morgan fingerprint density at radius 3 is 2.34 bits per heavy atom. The maximum Gasteiger partial charge on any atom is 0.347 e. The molecule has 1 aromatic heterocycles. The summed E-state index contributed by atoms with van der Waals surface area (Å²) < 4.78 is 17.4. The summed E-state index contributed by atoms with van der Waals surface area (Å²) in [6, 6.07) is 15.5. The number of aromatic nitrogens is 3. The van der Waals surface area contributed by atoms with E-state index in [9.17, 15) is 28.7 Å². The van der Waals surface area contributed by atoms with Crippen molar-refractivity contribution in [2.24, 2.45) is 13.0 Å². The van der Waals surface area contributed by atoms with Gasteiger partial charge in [0.15, 0.2) is 0 Å². The molecule has 3 aliphatic rings. The molecule has 10 nitrogen and oxygen atoms in total. The van der Waals surface area contributed by atoms with E-state index < -0.39 is 52.3 Å². The molecule has 44 heavy (non-hydrogen) atoms. The number of allylic oxidation sites excluding steroid dienone is 2. The Kier molecular flexibility index (Phi) is 6.38. The first kappa shape index (κ1) is 28.2. The number of fused-ring (bicyclic) bond motifs is 4. The number of amides is 2. The van der Waals surface area contributed by atoms with Crippen LogP contribution in [0.3, 0.4) is 0 Å². The fourth-order valence-electron chi connectivity index (χ4n) is 7.12. The van der Waals surface area contributed by atoms with E-state index in [-0.39, 0.29) is 23.7 Å². The van der Waals surface area contributed by atoms with E-state index in [1.165, 1.54) is 52.8 Å². The Bertz CT molecular complexity index is 2020. The number of carbonyl (C=O) groups excluding carboxylic acids is 2. The number of phenolic OH excluding ortho intramolecular Hbond substituents is 1. The Hall–Kier alpha value is -4.61. The van der Waals surface area contributed by atoms with Gasteiger partial charge < -0.3 is 5.11 Å². The lowest BCUT2D eigenvalue weighted by Crippen LogP contribution is -2.53. The van der Waals surface area contributed by atoms with Crippen molar-refractivity contribution in [2.75, 3.05) is 5.43 Å². The van der Waals surface area contributed by atoms with E-state index in [1.807, 2.05) is 0 Å². The molecule has 0 bridgehead atoms. The highest BCUT2D eigenvalue weighted by Gasteiger charge is 2.69. The maximum absolute atomic E-state index is 14.9. The summed E-state index contributed by atoms with van der Waals surface area (Å²) in [7, 11) is 1.39. The highest BCUT2D eigenvalue weighted by Crippen LogP contribution is 2.62. The Balaban J connectivity index is 1.52. The van der Waals surface area contributed by atoms with E-state index in [0.717, 1.165) is 9.58 Å². The lowest BCUT2D eigenvalue weighted by molar-refractivity contribution is -0.138. The number of phenols is 1. The second kappa shape index (κ2) is 9.96. The predicted octanol–water partition coefficient (Wildman–Crippen LogP) is 4.12. The predicted molar refractivity (Wildman–Crippen MR) is 160 cm³/mol. The number of aromatic hydroxyl groups is 1. The first-order chi connectivity index (χ1) is 21.0. The number of halogens is 3. The summed E-state index contributed by atoms with van der Waals surface area (Å²) in [5, 5.41) is 11.7. The minimum atomic E-state index is -1.58. The molecule has 0 spiro atoms. The molecular formula is C31H24Cl2FN5O5. The molecule has 224 valence electrons. The highest BCUT2D eigenvalue weighted by molar-refractivity contribution is 6.32. The van der Waals surface area contributed by atoms with Crippen molar-refractivity contribution in [1.29, 1.82) is 0 Å². The normalized spacial score (nSPS) is 24.0. The lowest BCUT2D eigenvalue weighted by Gasteiger charge is -2.49. The third-order valence-corrected chi connectivity index (χ3v) is 9.58. The second-order valence-corrected chi connectivity index (χ2v) is 12.0. The Labute approximate surface area is 259 Å². The number of benzene rings is 3. The van der Waals surface area contributed by atoms with Crippen LogP contribution in [0.4, 0.5) is 10.1 Å². The second-order valence-electron chi connectivity index (χ2n) is 11.2. The minimum Gasteiger partial charge on any atom is -0.508 e. The number of rotatable bonds is 4. The first-order valence-corrected chi connectivity index (χ1v) is 14.5. The molecule has 2 fully saturated rings. The molecule has 0 radical (unpaired) electrons. The van der Waals surface area contributed by atoms with Crippen LogP contribution in [0.5, 0.6) is 5.75 Å². The lowest BCUT2D eigenvalue weighted by atomic mass is 9.53. The molecule has 4 atom stereocenters. The minimum absolute atomic E-state index is 0.0101. The van der Waals surface area contributed by atoms with Crippen LogP contribution in [0.25, 0.3) is 0 Å². The van der Waals surface area contributed by atoms with Gasteiger partial charge in [-0.3, -0.25) is 15.0 Å². The summed E-state index contributed by atoms with van der Waals surface area (Å²) in [4.78, 5) is 55.7. The van der Waals surface area contributed by atoms with Crippen LogP contribution in [-0.2, 0) is 28.6 Å². The van der Waals surface area contributed by atoms with Crippen LogP contribution in [0.15, 0.2) is 88.0 Å². The largest absolute Gasteiger partial charge is 0.508 e. The van der Waals surface area contributed by atoms with Gasteiger partial charge in [-0.25, -0.2) is 27.9 Å². The fourth-order valence-corrected chi connectivity index (χ4v) is 7.53. The van der Waals surface area contributed by atoms with E-state index in [4.69, 9.17) is 23.2 Å². The van der Waals surface area contributed by atoms with Crippen molar-refractivity contribution in [3.63, 3.8) is 0 Å². The molecule has 2 N–H and O–H groups in total. The van der Waals surface area contributed by atoms with Gasteiger partial charge in [-0.15, -0.1) is 0 Å². The molecule has 13 heteroatoms. The van der Waals surface area contributed by atoms with Crippen LogP contribution >= 0.6 is 23.2 Å². The van der Waals surface area contributed by atoms with Crippen molar-refractivity contribution in [3.05, 3.63) is 126 Å². The molecule has 2 amide bonds. The van der Waals surface area contributed by atoms with Gasteiger partial charge in [-0.2, -0.15) is 5.01 Å². The number of imide groups is 1. The third kappa shape index (κ3) is 3.85. The summed E-state index contributed by atoms with van der Waals surface area (Å²) in [6.45, 7) is 0.0496. The molecule has 2 aliphatic heterocycles. The molecule has 1 aliphatic carbocycles. The molecule has 4 aromatic rings. The number of hydrogen-bond donors (Lipinski definition) is 2. The number of hydrazine groups is 1. The smallest absolute Gasteiger partial charge is 0.347 e. The summed E-state index contributed by atoms with van der Waals surface area (Å²) >= 11 is 13.1. The third-order valence-electron chi connectivity index (χ3n) is 9.01. The highest BCUT2D eigenvalue weighted by atomic mass is 35.5. The van der Waals surface area contributed by atoms with Crippen molar-refractivity contribution < 1.29 is 19.1 Å². The van der Waals surface area contributed by atoms with Gasteiger partial charge in [0.05, 0.1) is 29.6 Å². The number of nitrogens with one attached hydrogen (secondary N) is 1. The molecule has 0 unspecified atom stereocenters. The van der Waals surface area contributed by atoms with Crippen LogP contribution < -0.4 is 16.8 Å². The van der Waals surface area contributed by atoms with Gasteiger partial charge in [0.25, 0.3) is 11.8 Å². The summed E-state index contributed by atoms with van der Waals surface area (Å²) in [5.74, 6) is -3.70. The van der Waals surface area contributed by atoms with Gasteiger partial charge in [0.1, 0.15) is 11.6 Å². The number of hydrogen-bond acceptors (Lipinski definition) is 6. The van der Waals surface area contributed by atoms with Crippen LogP contribution in [0.1, 0.15) is 29.5 Å². The SMILES string of the molecule is Cn1c(=O)n2n(c1=O)[C@@H]1C[C@H]3C(=O)N(Nc4ccc(F)cc4)C(=O)[C@@]3(c3ccc(Cl)cc3)[C@@H](c3ccc(O)cc3Cl)C1=CC2. The van der Waals surface area contributed by atoms with E-state index in [1.54, 1.807) is 36.4 Å². The Morgan fingerprint density at radius 1 is 0.955 bits per heavy atom. The van der Waals surface area contributed by atoms with Gasteiger partial charge in [-0.05, 0) is 71.7 Å². The van der Waals surface area contributed by atoms with Gasteiger partial charge in [0.2, 0.25) is 0 Å². The molecule has 3 heterocycles. The molecule has 7 rings (SSSR count). The summed E-state index contributed by atoms with van der Waals surface area (Å²) in [6.07, 6.45) is 1.82. The van der Waals surface area contributed by atoms with Crippen molar-refractivity contribution in [3.8, 4) is 5.75 Å². The monoisotopic (exact) mass is 635 g/mol. The molecular weight excluding hydrogens is 612 g/mol. The number of anilines is 1. The zero-order chi connectivity index (χ0) is 31.1. The van der Waals surface area contributed by atoms with Gasteiger partial charge in [0, 0.05) is 23.0 Å². The van der Waals surface area contributed by atoms with E-state index in [0.29, 0.717) is 27.4 Å². The molecule has 1 saturated carbocycles. The van der Waals surface area contributed by atoms with Gasteiger partial charge >= 0.3 is 11.4 Å². The number of nitrogens with zero attached hydrogens (tertiary/aromatic N) is 4. The average molecular weight is 636 g/mol. The quantitative estimate of drug-likeness (QED) is 0.257. The molecule has 3 aromatic carbocycles. The fraction of sp³-hybridized carbons (Fsp3) is 0.226. The molecule has 1 saturated heterocycles. The standard InChI is InChI=1S/C31H24Cl2FN5O5/c1-36-29(43)37-13-12-22-25(39(37)30(36)44)15-23-27(41)38(35-19-8-6-18(34)7-9-19)28(42)31(23,16-2-4-17(32)5-3-16)26(22)21-11-10-20(40)14-24(21)33/h2-12,14,23,25-26,35,40H,13,15H2,1H3/t23-,25+,26-,31+/m0/s1. The van der Waals surface area contributed by atoms with Crippen LogP contribution in [-0.4, -0.2) is 35.9 Å². The zero-order valence-corrected chi connectivity index (χ0v) is 24.6. The topological polar surface area (TPSA) is 119 Å². The van der Waals surface area contributed by atoms with Crippen molar-refractivity contribution >= 4 is 40.7 Å².